The van der Waals surface area contributed by atoms with Gasteiger partial charge in [0.2, 0.25) is 11.8 Å². The highest BCUT2D eigenvalue weighted by Gasteiger charge is 2.32. The van der Waals surface area contributed by atoms with Gasteiger partial charge >= 0.3 is 6.18 Å². The van der Waals surface area contributed by atoms with Crippen molar-refractivity contribution < 1.29 is 22.7 Å². The Hall–Kier alpha value is -2.57. The van der Waals surface area contributed by atoms with Gasteiger partial charge in [0.05, 0.1) is 18.6 Å². The fraction of sp³-hybridized carbons (Fsp3) is 0.368. The van der Waals surface area contributed by atoms with Crippen LogP contribution in [0.15, 0.2) is 36.5 Å². The lowest BCUT2D eigenvalue weighted by Crippen LogP contribution is -2.29. The minimum Gasteiger partial charge on any atom is -0.481 e. The van der Waals surface area contributed by atoms with Crippen LogP contribution in [0.5, 0.6) is 5.88 Å². The Morgan fingerprint density at radius 1 is 1.31 bits per heavy atom. The summed E-state index contributed by atoms with van der Waals surface area (Å²) in [5.41, 5.74) is 1.21. The number of pyridine rings is 1. The lowest BCUT2D eigenvalue weighted by Gasteiger charge is -2.17. The minimum absolute atomic E-state index is 0.0573. The van der Waals surface area contributed by atoms with E-state index in [0.717, 1.165) is 17.2 Å². The van der Waals surface area contributed by atoms with Gasteiger partial charge in [-0.15, -0.1) is 0 Å². The number of ether oxygens (including phenoxy) is 1. The van der Waals surface area contributed by atoms with Crippen molar-refractivity contribution >= 4 is 5.91 Å². The summed E-state index contributed by atoms with van der Waals surface area (Å²) < 4.78 is 43.6. The van der Waals surface area contributed by atoms with Crippen molar-refractivity contribution in [3.8, 4) is 5.88 Å². The first-order valence-corrected chi connectivity index (χ1v) is 8.20. The number of carbonyl (C=O) groups is 1. The van der Waals surface area contributed by atoms with Crippen molar-refractivity contribution in [1.82, 2.24) is 10.3 Å². The molecular weight excluding hydrogens is 345 g/mol. The van der Waals surface area contributed by atoms with E-state index in [9.17, 15) is 18.0 Å². The summed E-state index contributed by atoms with van der Waals surface area (Å²) in [7, 11) is 1.32. The van der Waals surface area contributed by atoms with E-state index in [4.69, 9.17) is 4.74 Å². The molecule has 1 aromatic carbocycles. The zero-order valence-electron chi connectivity index (χ0n) is 14.9. The molecule has 0 unspecified atom stereocenters. The topological polar surface area (TPSA) is 51.2 Å². The molecule has 0 saturated heterocycles. The smallest absolute Gasteiger partial charge is 0.417 e. The fourth-order valence-corrected chi connectivity index (χ4v) is 2.73. The molecule has 0 fully saturated rings. The largest absolute Gasteiger partial charge is 0.481 e. The molecule has 1 N–H and O–H groups in total. The van der Waals surface area contributed by atoms with Gasteiger partial charge in [-0.2, -0.15) is 13.2 Å². The first-order chi connectivity index (χ1) is 12.3. The van der Waals surface area contributed by atoms with Crippen LogP contribution >= 0.6 is 0 Å². The van der Waals surface area contributed by atoms with Crippen molar-refractivity contribution in [2.75, 3.05) is 7.11 Å². The molecule has 2 rings (SSSR count). The summed E-state index contributed by atoms with van der Waals surface area (Å²) >= 11 is 0. The predicted molar refractivity (Wildman–Crippen MR) is 91.8 cm³/mol. The summed E-state index contributed by atoms with van der Waals surface area (Å²) in [6.45, 7) is 3.73. The van der Waals surface area contributed by atoms with Crippen LogP contribution in [0.4, 0.5) is 13.2 Å². The zero-order valence-corrected chi connectivity index (χ0v) is 14.9. The van der Waals surface area contributed by atoms with E-state index in [1.165, 1.54) is 7.11 Å². The van der Waals surface area contributed by atoms with Crippen LogP contribution in [0.25, 0.3) is 0 Å². The molecule has 1 heterocycles. The number of alkyl halides is 3. The number of methoxy groups -OCH3 is 1. The van der Waals surface area contributed by atoms with Gasteiger partial charge in [-0.25, -0.2) is 4.98 Å². The third-order valence-corrected chi connectivity index (χ3v) is 4.07. The van der Waals surface area contributed by atoms with Crippen molar-refractivity contribution in [1.29, 1.82) is 0 Å². The standard InChI is InChI=1S/C19H21F3N2O2/c1-4-16(13-7-5-6-12(2)8-13)17(25)23-10-14-9-15(19(20,21)22)11-24-18(14)26-3/h5-9,11,16H,4,10H2,1-3H3,(H,23,25)/t16-/m0/s1. The van der Waals surface area contributed by atoms with Crippen LogP contribution in [0.1, 0.15) is 41.5 Å². The maximum atomic E-state index is 12.9. The van der Waals surface area contributed by atoms with Crippen molar-refractivity contribution in [3.63, 3.8) is 0 Å². The van der Waals surface area contributed by atoms with Crippen molar-refractivity contribution in [2.45, 2.75) is 38.9 Å². The Bertz CT molecular complexity index is 776. The molecule has 26 heavy (non-hydrogen) atoms. The normalized spacial score (nSPS) is 12.5. The van der Waals surface area contributed by atoms with Crippen LogP contribution in [-0.2, 0) is 17.5 Å². The number of rotatable bonds is 6. The molecule has 0 radical (unpaired) electrons. The second-order valence-corrected chi connectivity index (χ2v) is 5.98. The summed E-state index contributed by atoms with van der Waals surface area (Å²) in [4.78, 5) is 16.2. The van der Waals surface area contributed by atoms with Crippen LogP contribution in [0, 0.1) is 6.92 Å². The molecule has 1 amide bonds. The maximum absolute atomic E-state index is 12.9. The molecule has 0 aliphatic carbocycles. The lowest BCUT2D eigenvalue weighted by atomic mass is 9.94. The molecular formula is C19H21F3N2O2. The van der Waals surface area contributed by atoms with Gasteiger partial charge in [0.15, 0.2) is 0 Å². The predicted octanol–water partition coefficient (Wildman–Crippen LogP) is 4.23. The number of aromatic nitrogens is 1. The second-order valence-electron chi connectivity index (χ2n) is 5.98. The Labute approximate surface area is 150 Å². The number of hydrogen-bond donors (Lipinski definition) is 1. The zero-order chi connectivity index (χ0) is 19.3. The number of amides is 1. The van der Waals surface area contributed by atoms with E-state index in [2.05, 4.69) is 10.3 Å². The highest BCUT2D eigenvalue weighted by molar-refractivity contribution is 5.83. The van der Waals surface area contributed by atoms with Crippen LogP contribution < -0.4 is 10.1 Å². The first kappa shape index (κ1) is 19.8. The molecule has 2 aromatic rings. The average molecular weight is 366 g/mol. The Morgan fingerprint density at radius 2 is 2.04 bits per heavy atom. The molecule has 0 aliphatic heterocycles. The van der Waals surface area contributed by atoms with E-state index < -0.39 is 11.7 Å². The number of nitrogens with zero attached hydrogens (tertiary/aromatic N) is 1. The number of aryl methyl sites for hydroxylation is 1. The molecule has 1 atom stereocenters. The Kier molecular flexibility index (Phi) is 6.23. The Balaban J connectivity index is 2.17. The number of hydrogen-bond acceptors (Lipinski definition) is 3. The van der Waals surface area contributed by atoms with Crippen molar-refractivity contribution in [3.05, 3.63) is 58.8 Å². The van der Waals surface area contributed by atoms with Gasteiger partial charge in [0, 0.05) is 18.3 Å². The van der Waals surface area contributed by atoms with Crippen LogP contribution in [0.3, 0.4) is 0 Å². The molecule has 0 aliphatic rings. The SMILES string of the molecule is CC[C@H](C(=O)NCc1cc(C(F)(F)F)cnc1OC)c1cccc(C)c1. The first-order valence-electron chi connectivity index (χ1n) is 8.20. The van der Waals surface area contributed by atoms with E-state index in [1.54, 1.807) is 0 Å². The number of nitrogens with one attached hydrogen (secondary N) is 1. The molecule has 4 nitrogen and oxygen atoms in total. The van der Waals surface area contributed by atoms with Crippen LogP contribution in [-0.4, -0.2) is 18.0 Å². The highest BCUT2D eigenvalue weighted by Crippen LogP contribution is 2.31. The van der Waals surface area contributed by atoms with E-state index in [1.807, 2.05) is 38.1 Å². The fourth-order valence-electron chi connectivity index (χ4n) is 2.73. The molecule has 0 bridgehead atoms. The Morgan fingerprint density at radius 3 is 2.62 bits per heavy atom. The third-order valence-electron chi connectivity index (χ3n) is 4.07. The second kappa shape index (κ2) is 8.21. The van der Waals surface area contributed by atoms with Gasteiger partial charge in [0.1, 0.15) is 0 Å². The summed E-state index contributed by atoms with van der Waals surface area (Å²) in [6.07, 6.45) is -3.22. The van der Waals surface area contributed by atoms with Gasteiger partial charge in [-0.3, -0.25) is 4.79 Å². The van der Waals surface area contributed by atoms with Gasteiger partial charge in [-0.1, -0.05) is 36.8 Å². The van der Waals surface area contributed by atoms with E-state index in [-0.39, 0.29) is 29.8 Å². The lowest BCUT2D eigenvalue weighted by molar-refractivity contribution is -0.137. The highest BCUT2D eigenvalue weighted by atomic mass is 19.4. The molecule has 1 aromatic heterocycles. The van der Waals surface area contributed by atoms with E-state index in [0.29, 0.717) is 12.6 Å². The minimum atomic E-state index is -4.51. The summed E-state index contributed by atoms with van der Waals surface area (Å²) in [5, 5.41) is 2.70. The average Bonchev–Trinajstić information content (AvgIpc) is 2.59. The summed E-state index contributed by atoms with van der Waals surface area (Å²) in [6, 6.07) is 8.56. The monoisotopic (exact) mass is 366 g/mol. The molecule has 140 valence electrons. The van der Waals surface area contributed by atoms with E-state index >= 15 is 0 Å². The molecule has 0 saturated carbocycles. The quantitative estimate of drug-likeness (QED) is 0.832. The summed E-state index contributed by atoms with van der Waals surface area (Å²) in [5.74, 6) is -0.570. The number of carbonyl (C=O) groups excluding carboxylic acids is 1. The van der Waals surface area contributed by atoms with Crippen LogP contribution in [0.2, 0.25) is 0 Å². The number of halogens is 3. The maximum Gasteiger partial charge on any atom is 0.417 e. The molecule has 0 spiro atoms. The van der Waals surface area contributed by atoms with Gasteiger partial charge < -0.3 is 10.1 Å². The van der Waals surface area contributed by atoms with Gasteiger partial charge in [0.25, 0.3) is 0 Å². The number of benzene rings is 1. The van der Waals surface area contributed by atoms with Crippen molar-refractivity contribution in [2.24, 2.45) is 0 Å². The third kappa shape index (κ3) is 4.74. The molecule has 7 heteroatoms. The van der Waals surface area contributed by atoms with Gasteiger partial charge in [-0.05, 0) is 25.0 Å².